The van der Waals surface area contributed by atoms with Crippen LogP contribution in [0.15, 0.2) is 18.6 Å². The Hall–Kier alpha value is -0.940. The molecule has 1 fully saturated rings. The SMILES string of the molecule is O=C1CCSC1(O)c1ccncn1. The molecule has 1 unspecified atom stereocenters. The van der Waals surface area contributed by atoms with Crippen LogP contribution in [0.2, 0.25) is 0 Å². The van der Waals surface area contributed by atoms with Gasteiger partial charge < -0.3 is 5.11 Å². The Kier molecular flexibility index (Phi) is 2.05. The summed E-state index contributed by atoms with van der Waals surface area (Å²) < 4.78 is 0. The average Bonchev–Trinajstić information content (AvgIpc) is 2.50. The number of hydrogen-bond donors (Lipinski definition) is 1. The van der Waals surface area contributed by atoms with Gasteiger partial charge in [-0.15, -0.1) is 11.8 Å². The molecule has 0 radical (unpaired) electrons. The molecule has 0 amide bonds. The molecule has 0 aromatic carbocycles. The molecule has 1 atom stereocenters. The van der Waals surface area contributed by atoms with Crippen LogP contribution in [-0.2, 0) is 9.73 Å². The zero-order valence-electron chi connectivity index (χ0n) is 6.80. The molecule has 1 aromatic heterocycles. The van der Waals surface area contributed by atoms with Gasteiger partial charge in [0.2, 0.25) is 4.93 Å². The molecule has 0 saturated carbocycles. The molecule has 0 bridgehead atoms. The third-order valence-electron chi connectivity index (χ3n) is 1.95. The van der Waals surface area contributed by atoms with Crippen LogP contribution in [0.4, 0.5) is 0 Å². The fourth-order valence-electron chi connectivity index (χ4n) is 1.25. The summed E-state index contributed by atoms with van der Waals surface area (Å²) in [6, 6.07) is 1.57. The van der Waals surface area contributed by atoms with E-state index in [1.807, 2.05) is 0 Å². The van der Waals surface area contributed by atoms with Crippen molar-refractivity contribution in [3.8, 4) is 0 Å². The second kappa shape index (κ2) is 3.08. The average molecular weight is 196 g/mol. The van der Waals surface area contributed by atoms with E-state index in [-0.39, 0.29) is 5.78 Å². The lowest BCUT2D eigenvalue weighted by atomic mass is 10.1. The first-order valence-electron chi connectivity index (χ1n) is 3.89. The van der Waals surface area contributed by atoms with Gasteiger partial charge in [0, 0.05) is 18.4 Å². The van der Waals surface area contributed by atoms with Gasteiger partial charge in [-0.3, -0.25) is 4.79 Å². The summed E-state index contributed by atoms with van der Waals surface area (Å²) in [7, 11) is 0. The number of carbonyl (C=O) groups excluding carboxylic acids is 1. The van der Waals surface area contributed by atoms with Crippen molar-refractivity contribution >= 4 is 17.5 Å². The largest absolute Gasteiger partial charge is 0.368 e. The minimum absolute atomic E-state index is 0.170. The highest BCUT2D eigenvalue weighted by Gasteiger charge is 2.43. The molecule has 1 saturated heterocycles. The number of carbonyl (C=O) groups is 1. The van der Waals surface area contributed by atoms with E-state index in [0.29, 0.717) is 17.9 Å². The number of aliphatic hydroxyl groups is 1. The number of rotatable bonds is 1. The number of ketones is 1. The topological polar surface area (TPSA) is 63.1 Å². The lowest BCUT2D eigenvalue weighted by Crippen LogP contribution is -2.28. The molecule has 1 aliphatic heterocycles. The first-order chi connectivity index (χ1) is 6.23. The molecule has 13 heavy (non-hydrogen) atoms. The maximum Gasteiger partial charge on any atom is 0.212 e. The smallest absolute Gasteiger partial charge is 0.212 e. The van der Waals surface area contributed by atoms with E-state index in [4.69, 9.17) is 0 Å². The van der Waals surface area contributed by atoms with Gasteiger partial charge in [-0.05, 0) is 6.07 Å². The molecule has 0 aliphatic carbocycles. The zero-order chi connectivity index (χ0) is 9.31. The van der Waals surface area contributed by atoms with Gasteiger partial charge in [0.1, 0.15) is 6.33 Å². The van der Waals surface area contributed by atoms with Gasteiger partial charge in [-0.25, -0.2) is 9.97 Å². The monoisotopic (exact) mass is 196 g/mol. The number of hydrogen-bond acceptors (Lipinski definition) is 5. The van der Waals surface area contributed by atoms with Crippen LogP contribution in [0.5, 0.6) is 0 Å². The van der Waals surface area contributed by atoms with Gasteiger partial charge in [0.25, 0.3) is 0 Å². The summed E-state index contributed by atoms with van der Waals surface area (Å²) in [4.78, 5) is 17.5. The molecule has 1 aromatic rings. The van der Waals surface area contributed by atoms with E-state index in [2.05, 4.69) is 9.97 Å². The fraction of sp³-hybridized carbons (Fsp3) is 0.375. The van der Waals surface area contributed by atoms with E-state index in [1.54, 1.807) is 6.07 Å². The number of thioether (sulfide) groups is 1. The zero-order valence-corrected chi connectivity index (χ0v) is 7.62. The third kappa shape index (κ3) is 1.34. The summed E-state index contributed by atoms with van der Waals surface area (Å²) in [5, 5.41) is 9.95. The Labute approximate surface area is 79.4 Å². The van der Waals surface area contributed by atoms with Crippen LogP contribution in [0.1, 0.15) is 12.1 Å². The summed E-state index contributed by atoms with van der Waals surface area (Å²) in [6.07, 6.45) is 3.26. The van der Waals surface area contributed by atoms with Crippen LogP contribution in [0, 0.1) is 0 Å². The first kappa shape index (κ1) is 8.65. The van der Waals surface area contributed by atoms with Crippen molar-refractivity contribution in [2.45, 2.75) is 11.4 Å². The fourth-order valence-corrected chi connectivity index (χ4v) is 2.36. The lowest BCUT2D eigenvalue weighted by molar-refractivity contribution is -0.128. The van der Waals surface area contributed by atoms with Gasteiger partial charge >= 0.3 is 0 Å². The number of aromatic nitrogens is 2. The van der Waals surface area contributed by atoms with Crippen molar-refractivity contribution in [2.24, 2.45) is 0 Å². The molecule has 1 aliphatic rings. The Bertz CT molecular complexity index is 330. The number of Topliss-reactive ketones (excluding diaryl/α,β-unsaturated/α-hetero) is 1. The van der Waals surface area contributed by atoms with Crippen LogP contribution in [0.25, 0.3) is 0 Å². The molecular weight excluding hydrogens is 188 g/mol. The highest BCUT2D eigenvalue weighted by Crippen LogP contribution is 2.40. The Morgan fingerprint density at radius 3 is 3.00 bits per heavy atom. The summed E-state index contributed by atoms with van der Waals surface area (Å²) >= 11 is 1.22. The third-order valence-corrected chi connectivity index (χ3v) is 3.21. The predicted octanol–water partition coefficient (Wildman–Crippen LogP) is 0.328. The molecule has 5 heteroatoms. The van der Waals surface area contributed by atoms with Gasteiger partial charge in [-0.2, -0.15) is 0 Å². The normalized spacial score (nSPS) is 27.9. The second-order valence-corrected chi connectivity index (χ2v) is 4.05. The summed E-state index contributed by atoms with van der Waals surface area (Å²) in [5.74, 6) is 0.482. The summed E-state index contributed by atoms with van der Waals surface area (Å²) in [6.45, 7) is 0. The first-order valence-corrected chi connectivity index (χ1v) is 4.88. The minimum atomic E-state index is -1.43. The predicted molar refractivity (Wildman–Crippen MR) is 48.0 cm³/mol. The standard InChI is InChI=1S/C8H8N2O2S/c11-7-2-4-13-8(7,12)6-1-3-9-5-10-6/h1,3,5,12H,2,4H2. The highest BCUT2D eigenvalue weighted by atomic mass is 32.2. The van der Waals surface area contributed by atoms with Gasteiger partial charge in [-0.1, -0.05) is 0 Å². The molecular formula is C8H8N2O2S. The molecule has 2 rings (SSSR count). The van der Waals surface area contributed by atoms with Crippen molar-refractivity contribution in [1.82, 2.24) is 9.97 Å². The van der Waals surface area contributed by atoms with Crippen molar-refractivity contribution in [1.29, 1.82) is 0 Å². The molecule has 4 nitrogen and oxygen atoms in total. The summed E-state index contributed by atoms with van der Waals surface area (Å²) in [5.41, 5.74) is 0.384. The van der Waals surface area contributed by atoms with Crippen molar-refractivity contribution in [2.75, 3.05) is 5.75 Å². The molecule has 68 valence electrons. The molecule has 2 heterocycles. The highest BCUT2D eigenvalue weighted by molar-refractivity contribution is 8.01. The van der Waals surface area contributed by atoms with E-state index in [9.17, 15) is 9.90 Å². The maximum atomic E-state index is 11.4. The lowest BCUT2D eigenvalue weighted by Gasteiger charge is -2.17. The van der Waals surface area contributed by atoms with Gasteiger partial charge in [0.05, 0.1) is 5.69 Å². The second-order valence-electron chi connectivity index (χ2n) is 2.76. The Balaban J connectivity index is 2.40. The quantitative estimate of drug-likeness (QED) is 0.701. The van der Waals surface area contributed by atoms with E-state index in [1.165, 1.54) is 24.3 Å². The van der Waals surface area contributed by atoms with Gasteiger partial charge in [0.15, 0.2) is 5.78 Å². The molecule has 0 spiro atoms. The minimum Gasteiger partial charge on any atom is -0.368 e. The van der Waals surface area contributed by atoms with E-state index < -0.39 is 4.93 Å². The van der Waals surface area contributed by atoms with Crippen molar-refractivity contribution < 1.29 is 9.90 Å². The Morgan fingerprint density at radius 2 is 2.46 bits per heavy atom. The maximum absolute atomic E-state index is 11.4. The van der Waals surface area contributed by atoms with Crippen LogP contribution >= 0.6 is 11.8 Å². The van der Waals surface area contributed by atoms with Crippen LogP contribution in [-0.4, -0.2) is 26.6 Å². The van der Waals surface area contributed by atoms with Crippen LogP contribution in [0.3, 0.4) is 0 Å². The van der Waals surface area contributed by atoms with Crippen molar-refractivity contribution in [3.63, 3.8) is 0 Å². The number of nitrogens with zero attached hydrogens (tertiary/aromatic N) is 2. The molecule has 1 N–H and O–H groups in total. The van der Waals surface area contributed by atoms with Crippen LogP contribution < -0.4 is 0 Å². The Morgan fingerprint density at radius 1 is 1.62 bits per heavy atom. The van der Waals surface area contributed by atoms with E-state index >= 15 is 0 Å². The van der Waals surface area contributed by atoms with E-state index in [0.717, 1.165) is 0 Å². The van der Waals surface area contributed by atoms with Crippen molar-refractivity contribution in [3.05, 3.63) is 24.3 Å².